The summed E-state index contributed by atoms with van der Waals surface area (Å²) in [4.78, 5) is 4.93. The average molecular weight is 225 g/mol. The molecule has 0 heterocycles. The molecule has 0 bridgehead atoms. The Morgan fingerprint density at radius 2 is 1.94 bits per heavy atom. The molecule has 1 rings (SSSR count). The molecule has 2 N–H and O–H groups in total. The van der Waals surface area contributed by atoms with E-state index in [2.05, 4.69) is 0 Å². The molecule has 0 saturated heterocycles. The molecule has 0 aliphatic rings. The first-order chi connectivity index (χ1) is 7.55. The van der Waals surface area contributed by atoms with Crippen LogP contribution in [0.1, 0.15) is 26.3 Å². The van der Waals surface area contributed by atoms with Gasteiger partial charge in [0.1, 0.15) is 5.60 Å². The van der Waals surface area contributed by atoms with Gasteiger partial charge in [-0.05, 0) is 38.5 Å². The lowest BCUT2D eigenvalue weighted by Crippen LogP contribution is -2.25. The van der Waals surface area contributed by atoms with Crippen LogP contribution in [0.2, 0.25) is 0 Å². The predicted octanol–water partition coefficient (Wildman–Crippen LogP) is 2.22. The molecular formula is C12H19NO3. The fraction of sp³-hybridized carbons (Fsp3) is 0.500. The first-order valence-corrected chi connectivity index (χ1v) is 5.24. The fourth-order valence-corrected chi connectivity index (χ4v) is 1.39. The quantitative estimate of drug-likeness (QED) is 0.781. The second kappa shape index (κ2) is 5.18. The van der Waals surface area contributed by atoms with E-state index in [1.54, 1.807) is 7.11 Å². The molecule has 0 aliphatic carbocycles. The van der Waals surface area contributed by atoms with Crippen molar-refractivity contribution in [3.8, 4) is 11.5 Å². The molecule has 0 unspecified atom stereocenters. The van der Waals surface area contributed by atoms with Gasteiger partial charge in [0.15, 0.2) is 11.5 Å². The Morgan fingerprint density at radius 1 is 1.25 bits per heavy atom. The summed E-state index contributed by atoms with van der Waals surface area (Å²) in [6.45, 7) is 6.30. The third-order valence-corrected chi connectivity index (χ3v) is 2.45. The number of nitrogens with two attached hydrogens (primary N) is 1. The number of rotatable bonds is 5. The van der Waals surface area contributed by atoms with E-state index in [1.807, 2.05) is 39.0 Å². The molecular weight excluding hydrogens is 206 g/mol. The van der Waals surface area contributed by atoms with E-state index < -0.39 is 5.60 Å². The molecule has 0 atom stereocenters. The minimum atomic E-state index is -0.544. The lowest BCUT2D eigenvalue weighted by molar-refractivity contribution is -0.0237. The van der Waals surface area contributed by atoms with Crippen molar-refractivity contribution in [2.45, 2.75) is 26.4 Å². The maximum Gasteiger partial charge on any atom is 0.161 e. The highest BCUT2D eigenvalue weighted by molar-refractivity contribution is 5.44. The SMILES string of the molecule is CCOc1cc(C(C)(C)ON)ccc1OC. The highest BCUT2D eigenvalue weighted by Crippen LogP contribution is 2.33. The third kappa shape index (κ3) is 2.65. The topological polar surface area (TPSA) is 53.7 Å². The number of ether oxygens (including phenoxy) is 2. The highest BCUT2D eigenvalue weighted by Gasteiger charge is 2.22. The standard InChI is InChI=1S/C12H19NO3/c1-5-15-11-8-9(12(2,3)16-13)6-7-10(11)14-4/h6-8H,5,13H2,1-4H3. The minimum absolute atomic E-state index is 0.544. The Balaban J connectivity index is 3.11. The zero-order valence-corrected chi connectivity index (χ0v) is 10.2. The van der Waals surface area contributed by atoms with Crippen molar-refractivity contribution in [3.05, 3.63) is 23.8 Å². The first kappa shape index (κ1) is 12.8. The Kier molecular flexibility index (Phi) is 4.15. The molecule has 1 aromatic carbocycles. The molecule has 0 amide bonds. The van der Waals surface area contributed by atoms with Crippen LogP contribution >= 0.6 is 0 Å². The summed E-state index contributed by atoms with van der Waals surface area (Å²) in [5, 5.41) is 0. The van der Waals surface area contributed by atoms with Crippen LogP contribution in [-0.2, 0) is 10.4 Å². The monoisotopic (exact) mass is 225 g/mol. The van der Waals surface area contributed by atoms with Crippen LogP contribution in [0.4, 0.5) is 0 Å². The lowest BCUT2D eigenvalue weighted by atomic mass is 9.98. The molecule has 90 valence electrons. The van der Waals surface area contributed by atoms with E-state index in [9.17, 15) is 0 Å². The van der Waals surface area contributed by atoms with Crippen molar-refractivity contribution in [2.24, 2.45) is 5.90 Å². The predicted molar refractivity (Wildman–Crippen MR) is 62.5 cm³/mol. The lowest BCUT2D eigenvalue weighted by Gasteiger charge is -2.23. The summed E-state index contributed by atoms with van der Waals surface area (Å²) in [7, 11) is 1.61. The van der Waals surface area contributed by atoms with E-state index in [0.29, 0.717) is 18.1 Å². The van der Waals surface area contributed by atoms with Gasteiger partial charge in [0, 0.05) is 0 Å². The number of hydrogen-bond acceptors (Lipinski definition) is 4. The van der Waals surface area contributed by atoms with Crippen molar-refractivity contribution in [1.29, 1.82) is 0 Å². The van der Waals surface area contributed by atoms with Gasteiger partial charge in [0.2, 0.25) is 0 Å². The van der Waals surface area contributed by atoms with Gasteiger partial charge in [-0.2, -0.15) is 0 Å². The summed E-state index contributed by atoms with van der Waals surface area (Å²) in [5.74, 6) is 6.67. The second-order valence-electron chi connectivity index (χ2n) is 3.93. The van der Waals surface area contributed by atoms with Gasteiger partial charge < -0.3 is 9.47 Å². The van der Waals surface area contributed by atoms with E-state index in [-0.39, 0.29) is 0 Å². The molecule has 0 radical (unpaired) electrons. The van der Waals surface area contributed by atoms with Gasteiger partial charge >= 0.3 is 0 Å². The van der Waals surface area contributed by atoms with Gasteiger partial charge in [-0.25, -0.2) is 5.90 Å². The first-order valence-electron chi connectivity index (χ1n) is 5.24. The van der Waals surface area contributed by atoms with Gasteiger partial charge in [-0.1, -0.05) is 6.07 Å². The smallest absolute Gasteiger partial charge is 0.161 e. The van der Waals surface area contributed by atoms with Crippen LogP contribution in [0.5, 0.6) is 11.5 Å². The Hall–Kier alpha value is -1.26. The molecule has 0 aliphatic heterocycles. The fourth-order valence-electron chi connectivity index (χ4n) is 1.39. The van der Waals surface area contributed by atoms with E-state index >= 15 is 0 Å². The molecule has 4 heteroatoms. The maximum absolute atomic E-state index is 5.49. The van der Waals surface area contributed by atoms with E-state index in [4.69, 9.17) is 20.2 Å². The van der Waals surface area contributed by atoms with Crippen molar-refractivity contribution in [2.75, 3.05) is 13.7 Å². The molecule has 0 spiro atoms. The summed E-state index contributed by atoms with van der Waals surface area (Å²) in [6, 6.07) is 5.64. The largest absolute Gasteiger partial charge is 0.493 e. The zero-order valence-electron chi connectivity index (χ0n) is 10.2. The van der Waals surface area contributed by atoms with Crippen molar-refractivity contribution in [1.82, 2.24) is 0 Å². The summed E-state index contributed by atoms with van der Waals surface area (Å²) in [6.07, 6.45) is 0. The van der Waals surface area contributed by atoms with Crippen molar-refractivity contribution < 1.29 is 14.3 Å². The number of methoxy groups -OCH3 is 1. The maximum atomic E-state index is 5.49. The molecule has 0 fully saturated rings. The Morgan fingerprint density at radius 3 is 2.44 bits per heavy atom. The van der Waals surface area contributed by atoms with Gasteiger partial charge in [-0.3, -0.25) is 4.84 Å². The van der Waals surface area contributed by atoms with Gasteiger partial charge in [-0.15, -0.1) is 0 Å². The molecule has 1 aromatic rings. The van der Waals surface area contributed by atoms with Crippen LogP contribution in [0.15, 0.2) is 18.2 Å². The molecule has 0 saturated carbocycles. The minimum Gasteiger partial charge on any atom is -0.493 e. The second-order valence-corrected chi connectivity index (χ2v) is 3.93. The summed E-state index contributed by atoms with van der Waals surface area (Å²) in [5.41, 5.74) is 0.400. The van der Waals surface area contributed by atoms with Crippen molar-refractivity contribution in [3.63, 3.8) is 0 Å². The normalized spacial score (nSPS) is 11.3. The van der Waals surface area contributed by atoms with Gasteiger partial charge in [0.05, 0.1) is 13.7 Å². The molecule has 4 nitrogen and oxygen atoms in total. The van der Waals surface area contributed by atoms with Crippen LogP contribution < -0.4 is 15.4 Å². The molecule has 16 heavy (non-hydrogen) atoms. The average Bonchev–Trinajstić information content (AvgIpc) is 2.29. The summed E-state index contributed by atoms with van der Waals surface area (Å²) < 4.78 is 10.7. The van der Waals surface area contributed by atoms with Gasteiger partial charge in [0.25, 0.3) is 0 Å². The van der Waals surface area contributed by atoms with E-state index in [1.165, 1.54) is 0 Å². The third-order valence-electron chi connectivity index (χ3n) is 2.45. The summed E-state index contributed by atoms with van der Waals surface area (Å²) >= 11 is 0. The van der Waals surface area contributed by atoms with Crippen LogP contribution in [0, 0.1) is 0 Å². The Bertz CT molecular complexity index is 350. The zero-order chi connectivity index (χ0) is 12.2. The highest BCUT2D eigenvalue weighted by atomic mass is 16.6. The number of benzene rings is 1. The van der Waals surface area contributed by atoms with Crippen LogP contribution in [0.3, 0.4) is 0 Å². The Labute approximate surface area is 96.3 Å². The van der Waals surface area contributed by atoms with Crippen LogP contribution in [-0.4, -0.2) is 13.7 Å². The molecule has 0 aromatic heterocycles. The van der Waals surface area contributed by atoms with E-state index in [0.717, 1.165) is 5.56 Å². The number of hydrogen-bond donors (Lipinski definition) is 1. The van der Waals surface area contributed by atoms with Crippen LogP contribution in [0.25, 0.3) is 0 Å². The van der Waals surface area contributed by atoms with Crippen molar-refractivity contribution >= 4 is 0 Å².